The molecule has 0 spiro atoms. The minimum absolute atomic E-state index is 0.0138. The van der Waals surface area contributed by atoms with E-state index in [0.717, 1.165) is 0 Å². The van der Waals surface area contributed by atoms with Crippen LogP contribution in [0.3, 0.4) is 0 Å². The first-order valence-corrected chi connectivity index (χ1v) is 8.87. The van der Waals surface area contributed by atoms with Crippen molar-refractivity contribution in [1.29, 1.82) is 0 Å². The van der Waals surface area contributed by atoms with Gasteiger partial charge in [0, 0.05) is 0 Å². The SMILES string of the molecule is CCOC(=O)COc1ccc(/C=C2/C(=O)NN(c3ccccc3)C2=O)cc1Cl. The largest absolute Gasteiger partial charge is 0.480 e. The highest BCUT2D eigenvalue weighted by molar-refractivity contribution is 6.33. The summed E-state index contributed by atoms with van der Waals surface area (Å²) in [5, 5.41) is 1.43. The molecular formula is C20H17ClN2O5. The molecule has 2 amide bonds. The van der Waals surface area contributed by atoms with Crippen molar-refractivity contribution in [3.05, 3.63) is 64.7 Å². The highest BCUT2D eigenvalue weighted by Crippen LogP contribution is 2.27. The molecule has 0 aromatic heterocycles. The van der Waals surface area contributed by atoms with Gasteiger partial charge in [0.1, 0.15) is 11.3 Å². The van der Waals surface area contributed by atoms with Crippen LogP contribution in [-0.4, -0.2) is 31.0 Å². The topological polar surface area (TPSA) is 84.9 Å². The van der Waals surface area contributed by atoms with Crippen molar-refractivity contribution in [2.45, 2.75) is 6.92 Å². The van der Waals surface area contributed by atoms with Crippen LogP contribution in [0.2, 0.25) is 5.02 Å². The zero-order chi connectivity index (χ0) is 20.1. The molecule has 1 heterocycles. The number of esters is 1. The van der Waals surface area contributed by atoms with Crippen LogP contribution in [-0.2, 0) is 19.1 Å². The Labute approximate surface area is 166 Å². The molecule has 0 saturated carbocycles. The van der Waals surface area contributed by atoms with E-state index in [1.165, 1.54) is 11.1 Å². The van der Waals surface area contributed by atoms with E-state index in [0.29, 0.717) is 17.0 Å². The lowest BCUT2D eigenvalue weighted by Crippen LogP contribution is -2.35. The zero-order valence-corrected chi connectivity index (χ0v) is 15.7. The molecule has 1 aliphatic heterocycles. The number of nitrogens with zero attached hydrogens (tertiary/aromatic N) is 1. The van der Waals surface area contributed by atoms with Gasteiger partial charge in [0.05, 0.1) is 17.3 Å². The Balaban J connectivity index is 1.76. The first-order chi connectivity index (χ1) is 13.5. The highest BCUT2D eigenvalue weighted by Gasteiger charge is 2.34. The Morgan fingerprint density at radius 2 is 1.93 bits per heavy atom. The third kappa shape index (κ3) is 4.32. The van der Waals surface area contributed by atoms with Crippen LogP contribution in [0, 0.1) is 0 Å². The molecule has 2 aromatic rings. The Morgan fingerprint density at radius 1 is 1.18 bits per heavy atom. The summed E-state index contributed by atoms with van der Waals surface area (Å²) in [5.74, 6) is -1.17. The second-order valence-corrected chi connectivity index (χ2v) is 6.17. The summed E-state index contributed by atoms with van der Waals surface area (Å²) in [4.78, 5) is 36.1. The maximum absolute atomic E-state index is 12.6. The first kappa shape index (κ1) is 19.4. The lowest BCUT2D eigenvalue weighted by atomic mass is 10.1. The van der Waals surface area contributed by atoms with Gasteiger partial charge in [-0.2, -0.15) is 0 Å². The van der Waals surface area contributed by atoms with Gasteiger partial charge in [0.2, 0.25) is 0 Å². The van der Waals surface area contributed by atoms with Gasteiger partial charge in [-0.25, -0.2) is 9.80 Å². The summed E-state index contributed by atoms with van der Waals surface area (Å²) in [7, 11) is 0. The second-order valence-electron chi connectivity index (χ2n) is 5.76. The fourth-order valence-electron chi connectivity index (χ4n) is 2.55. The van der Waals surface area contributed by atoms with Crippen LogP contribution in [0.4, 0.5) is 5.69 Å². The smallest absolute Gasteiger partial charge is 0.344 e. The van der Waals surface area contributed by atoms with E-state index >= 15 is 0 Å². The number of rotatable bonds is 6. The fraction of sp³-hybridized carbons (Fsp3) is 0.150. The standard InChI is InChI=1S/C20H17ClN2O5/c1-2-27-18(24)12-28-17-9-8-13(11-16(17)21)10-15-19(25)22-23(20(15)26)14-6-4-3-5-7-14/h3-11H,2,12H2,1H3,(H,22,25)/b15-10-. The van der Waals surface area contributed by atoms with Crippen LogP contribution in [0.15, 0.2) is 54.1 Å². The van der Waals surface area contributed by atoms with Crippen LogP contribution < -0.4 is 15.2 Å². The van der Waals surface area contributed by atoms with Gasteiger partial charge in [-0.1, -0.05) is 35.9 Å². The predicted octanol–water partition coefficient (Wildman–Crippen LogP) is 2.74. The molecule has 2 aromatic carbocycles. The molecule has 7 nitrogen and oxygen atoms in total. The molecule has 0 bridgehead atoms. The Kier molecular flexibility index (Phi) is 5.96. The summed E-state index contributed by atoms with van der Waals surface area (Å²) in [6.45, 7) is 1.70. The number of amides is 2. The summed E-state index contributed by atoms with van der Waals surface area (Å²) in [6.07, 6.45) is 1.45. The molecule has 0 atom stereocenters. The highest BCUT2D eigenvalue weighted by atomic mass is 35.5. The number of hydrazine groups is 1. The maximum Gasteiger partial charge on any atom is 0.344 e. The van der Waals surface area contributed by atoms with Crippen molar-refractivity contribution in [3.8, 4) is 5.75 Å². The van der Waals surface area contributed by atoms with Crippen LogP contribution >= 0.6 is 11.6 Å². The number of anilines is 1. The average molecular weight is 401 g/mol. The normalized spacial score (nSPS) is 14.9. The van der Waals surface area contributed by atoms with E-state index in [4.69, 9.17) is 21.1 Å². The van der Waals surface area contributed by atoms with Crippen LogP contribution in [0.25, 0.3) is 6.08 Å². The van der Waals surface area contributed by atoms with Crippen molar-refractivity contribution in [1.82, 2.24) is 5.43 Å². The lowest BCUT2D eigenvalue weighted by Gasteiger charge is -2.13. The third-order valence-corrected chi connectivity index (χ3v) is 4.12. The van der Waals surface area contributed by atoms with Crippen molar-refractivity contribution in [2.75, 3.05) is 18.2 Å². The number of hydrogen-bond donors (Lipinski definition) is 1. The molecule has 1 aliphatic rings. The number of benzene rings is 2. The molecule has 3 rings (SSSR count). The quantitative estimate of drug-likeness (QED) is 0.458. The Bertz CT molecular complexity index is 943. The monoisotopic (exact) mass is 400 g/mol. The van der Waals surface area contributed by atoms with Gasteiger partial charge >= 0.3 is 5.97 Å². The van der Waals surface area contributed by atoms with Gasteiger partial charge in [0.15, 0.2) is 6.61 Å². The number of ether oxygens (including phenoxy) is 2. The number of para-hydroxylation sites is 1. The molecule has 8 heteroatoms. The maximum atomic E-state index is 12.6. The molecule has 1 fully saturated rings. The Hall–Kier alpha value is -3.32. The van der Waals surface area contributed by atoms with Crippen molar-refractivity contribution >= 4 is 41.1 Å². The summed E-state index contributed by atoms with van der Waals surface area (Å²) in [5.41, 5.74) is 3.62. The van der Waals surface area contributed by atoms with Crippen molar-refractivity contribution in [3.63, 3.8) is 0 Å². The third-order valence-electron chi connectivity index (χ3n) is 3.82. The number of hydrogen-bond acceptors (Lipinski definition) is 5. The molecule has 28 heavy (non-hydrogen) atoms. The van der Waals surface area contributed by atoms with E-state index in [-0.39, 0.29) is 23.8 Å². The van der Waals surface area contributed by atoms with Gasteiger partial charge in [-0.05, 0) is 42.8 Å². The lowest BCUT2D eigenvalue weighted by molar-refractivity contribution is -0.145. The van der Waals surface area contributed by atoms with Crippen molar-refractivity contribution in [2.24, 2.45) is 0 Å². The van der Waals surface area contributed by atoms with E-state index in [1.807, 2.05) is 6.07 Å². The van der Waals surface area contributed by atoms with Gasteiger partial charge < -0.3 is 9.47 Å². The number of nitrogens with one attached hydrogen (secondary N) is 1. The van der Waals surface area contributed by atoms with E-state index in [1.54, 1.807) is 49.4 Å². The number of carbonyl (C=O) groups is 3. The van der Waals surface area contributed by atoms with Crippen LogP contribution in [0.1, 0.15) is 12.5 Å². The van der Waals surface area contributed by atoms with Gasteiger partial charge in [-0.3, -0.25) is 15.0 Å². The van der Waals surface area contributed by atoms with E-state index < -0.39 is 17.8 Å². The molecule has 0 unspecified atom stereocenters. The molecule has 144 valence electrons. The molecule has 0 radical (unpaired) electrons. The summed E-state index contributed by atoms with van der Waals surface area (Å²) < 4.78 is 10.1. The average Bonchev–Trinajstić information content (AvgIpc) is 2.96. The van der Waals surface area contributed by atoms with Crippen molar-refractivity contribution < 1.29 is 23.9 Å². The zero-order valence-electron chi connectivity index (χ0n) is 15.0. The predicted molar refractivity (Wildman–Crippen MR) is 104 cm³/mol. The molecule has 1 saturated heterocycles. The summed E-state index contributed by atoms with van der Waals surface area (Å²) in [6, 6.07) is 13.5. The minimum Gasteiger partial charge on any atom is -0.480 e. The summed E-state index contributed by atoms with van der Waals surface area (Å²) >= 11 is 6.17. The first-order valence-electron chi connectivity index (χ1n) is 8.49. The fourth-order valence-corrected chi connectivity index (χ4v) is 2.79. The number of carbonyl (C=O) groups excluding carboxylic acids is 3. The second kappa shape index (κ2) is 8.58. The van der Waals surface area contributed by atoms with Gasteiger partial charge in [0.25, 0.3) is 11.8 Å². The molecule has 0 aliphatic carbocycles. The Morgan fingerprint density at radius 3 is 2.61 bits per heavy atom. The molecular weight excluding hydrogens is 384 g/mol. The number of halogens is 1. The van der Waals surface area contributed by atoms with E-state index in [9.17, 15) is 14.4 Å². The minimum atomic E-state index is -0.507. The van der Waals surface area contributed by atoms with Crippen LogP contribution in [0.5, 0.6) is 5.75 Å². The van der Waals surface area contributed by atoms with E-state index in [2.05, 4.69) is 5.43 Å². The van der Waals surface area contributed by atoms with Gasteiger partial charge in [-0.15, -0.1) is 0 Å². The molecule has 1 N–H and O–H groups in total.